The van der Waals surface area contributed by atoms with E-state index < -0.39 is 6.10 Å². The monoisotopic (exact) mass is 317 g/mol. The van der Waals surface area contributed by atoms with Gasteiger partial charge in [0.05, 0.1) is 25.4 Å². The van der Waals surface area contributed by atoms with Gasteiger partial charge in [-0.1, -0.05) is 19.3 Å². The van der Waals surface area contributed by atoms with Crippen LogP contribution in [-0.4, -0.2) is 61.2 Å². The van der Waals surface area contributed by atoms with Crippen LogP contribution in [0.15, 0.2) is 0 Å². The highest BCUT2D eigenvalue weighted by Crippen LogP contribution is 2.37. The molecule has 1 aliphatic carbocycles. The van der Waals surface area contributed by atoms with Crippen LogP contribution < -0.4 is 5.32 Å². The van der Waals surface area contributed by atoms with Gasteiger partial charge in [0.2, 0.25) is 0 Å². The molecule has 0 spiro atoms. The van der Waals surface area contributed by atoms with Crippen LogP contribution in [0.1, 0.15) is 44.9 Å². The van der Waals surface area contributed by atoms with Crippen molar-refractivity contribution in [2.24, 2.45) is 0 Å². The lowest BCUT2D eigenvalue weighted by Gasteiger charge is -2.36. The first-order valence-electron chi connectivity index (χ1n) is 8.37. The third-order valence-electron chi connectivity index (χ3n) is 4.66. The maximum atomic E-state index is 9.97. The molecule has 0 radical (unpaired) electrons. The van der Waals surface area contributed by atoms with Gasteiger partial charge in [0.25, 0.3) is 0 Å². The van der Waals surface area contributed by atoms with Crippen LogP contribution in [0.2, 0.25) is 0 Å². The summed E-state index contributed by atoms with van der Waals surface area (Å²) in [6.45, 7) is 3.49. The molecule has 4 nitrogen and oxygen atoms in total. The number of nitrogens with one attached hydrogen (secondary N) is 1. The van der Waals surface area contributed by atoms with Crippen molar-refractivity contribution in [3.8, 4) is 0 Å². The van der Waals surface area contributed by atoms with Crippen molar-refractivity contribution < 1.29 is 14.6 Å². The lowest BCUT2D eigenvalue weighted by molar-refractivity contribution is -0.0165. The average Bonchev–Trinajstić information content (AvgIpc) is 3.01. The maximum Gasteiger partial charge on any atom is 0.0897 e. The van der Waals surface area contributed by atoms with E-state index in [1.54, 1.807) is 0 Å². The Morgan fingerprint density at radius 2 is 2.14 bits per heavy atom. The lowest BCUT2D eigenvalue weighted by atomic mass is 9.88. The minimum Gasteiger partial charge on any atom is -0.389 e. The van der Waals surface area contributed by atoms with Gasteiger partial charge in [-0.25, -0.2) is 0 Å². The van der Waals surface area contributed by atoms with E-state index in [0.717, 1.165) is 26.0 Å². The topological polar surface area (TPSA) is 50.7 Å². The normalized spacial score (nSPS) is 26.9. The number of rotatable bonds is 9. The summed E-state index contributed by atoms with van der Waals surface area (Å²) >= 11 is 1.99. The zero-order valence-corrected chi connectivity index (χ0v) is 14.1. The maximum absolute atomic E-state index is 9.97. The molecule has 2 aliphatic rings. The van der Waals surface area contributed by atoms with Crippen LogP contribution in [0.5, 0.6) is 0 Å². The van der Waals surface area contributed by atoms with Gasteiger partial charge in [-0.15, -0.1) is 0 Å². The molecular formula is C16H31NO3S. The van der Waals surface area contributed by atoms with Gasteiger partial charge in [0.15, 0.2) is 0 Å². The first kappa shape index (κ1) is 17.5. The van der Waals surface area contributed by atoms with Gasteiger partial charge in [0.1, 0.15) is 0 Å². The average molecular weight is 317 g/mol. The van der Waals surface area contributed by atoms with Crippen molar-refractivity contribution in [1.29, 1.82) is 0 Å². The molecular weight excluding hydrogens is 286 g/mol. The van der Waals surface area contributed by atoms with E-state index >= 15 is 0 Å². The third kappa shape index (κ3) is 6.06. The van der Waals surface area contributed by atoms with E-state index in [-0.39, 0.29) is 6.10 Å². The van der Waals surface area contributed by atoms with Crippen molar-refractivity contribution in [2.75, 3.05) is 39.2 Å². The summed E-state index contributed by atoms with van der Waals surface area (Å²) in [4.78, 5) is 0. The standard InChI is InChI=1S/C16H31NO3S/c1-21-16(7-3-2-4-8-16)13-17-10-14(18)11-19-12-15-6-5-9-20-15/h14-15,17-18H,2-13H2,1H3. The lowest BCUT2D eigenvalue weighted by Crippen LogP contribution is -2.42. The number of aliphatic hydroxyl groups excluding tert-OH is 1. The highest BCUT2D eigenvalue weighted by atomic mass is 32.2. The van der Waals surface area contributed by atoms with Crippen molar-refractivity contribution in [3.05, 3.63) is 0 Å². The minimum absolute atomic E-state index is 0.243. The molecule has 2 atom stereocenters. The van der Waals surface area contributed by atoms with Crippen LogP contribution in [0.3, 0.4) is 0 Å². The molecule has 21 heavy (non-hydrogen) atoms. The summed E-state index contributed by atoms with van der Waals surface area (Å²) in [6.07, 6.45) is 10.9. The highest BCUT2D eigenvalue weighted by Gasteiger charge is 2.30. The SMILES string of the molecule is CSC1(CNCC(O)COCC2CCCO2)CCCCC1. The largest absolute Gasteiger partial charge is 0.389 e. The Morgan fingerprint density at radius 1 is 1.33 bits per heavy atom. The van der Waals surface area contributed by atoms with E-state index in [4.69, 9.17) is 9.47 Å². The molecule has 0 aromatic carbocycles. The Labute approximate surface area is 133 Å². The Balaban J connectivity index is 1.54. The summed E-state index contributed by atoms with van der Waals surface area (Å²) in [6, 6.07) is 0. The van der Waals surface area contributed by atoms with Crippen LogP contribution in [-0.2, 0) is 9.47 Å². The first-order valence-corrected chi connectivity index (χ1v) is 9.60. The van der Waals surface area contributed by atoms with Gasteiger partial charge in [0, 0.05) is 24.4 Å². The molecule has 1 aliphatic heterocycles. The summed E-state index contributed by atoms with van der Waals surface area (Å²) < 4.78 is 11.4. The zero-order valence-electron chi connectivity index (χ0n) is 13.3. The van der Waals surface area contributed by atoms with E-state index in [1.807, 2.05) is 11.8 Å². The van der Waals surface area contributed by atoms with Gasteiger partial charge < -0.3 is 19.9 Å². The van der Waals surface area contributed by atoms with Crippen LogP contribution in [0.25, 0.3) is 0 Å². The summed E-state index contributed by atoms with van der Waals surface area (Å²) in [7, 11) is 0. The Hall–Kier alpha value is 0.190. The number of ether oxygens (including phenoxy) is 2. The predicted molar refractivity (Wildman–Crippen MR) is 88.0 cm³/mol. The van der Waals surface area contributed by atoms with Crippen LogP contribution in [0.4, 0.5) is 0 Å². The van der Waals surface area contributed by atoms with E-state index in [1.165, 1.54) is 32.1 Å². The molecule has 2 rings (SSSR count). The molecule has 1 saturated carbocycles. The van der Waals surface area contributed by atoms with Gasteiger partial charge in [-0.3, -0.25) is 0 Å². The van der Waals surface area contributed by atoms with Crippen molar-refractivity contribution in [1.82, 2.24) is 5.32 Å². The van der Waals surface area contributed by atoms with Gasteiger partial charge >= 0.3 is 0 Å². The Kier molecular flexibility index (Phi) is 7.82. The minimum atomic E-state index is -0.422. The second kappa shape index (κ2) is 9.36. The fraction of sp³-hybridized carbons (Fsp3) is 1.00. The van der Waals surface area contributed by atoms with E-state index in [2.05, 4.69) is 11.6 Å². The molecule has 0 aromatic heterocycles. The summed E-state index contributed by atoms with van der Waals surface area (Å²) in [5.74, 6) is 0. The Morgan fingerprint density at radius 3 is 2.81 bits per heavy atom. The van der Waals surface area contributed by atoms with E-state index in [9.17, 15) is 5.11 Å². The van der Waals surface area contributed by atoms with Gasteiger partial charge in [-0.2, -0.15) is 11.8 Å². The molecule has 2 N–H and O–H groups in total. The quantitative estimate of drug-likeness (QED) is 0.683. The fourth-order valence-corrected chi connectivity index (χ4v) is 4.23. The first-order chi connectivity index (χ1) is 10.2. The number of thioether (sulfide) groups is 1. The third-order valence-corrected chi connectivity index (χ3v) is 6.08. The smallest absolute Gasteiger partial charge is 0.0897 e. The molecule has 2 fully saturated rings. The van der Waals surface area contributed by atoms with Crippen molar-refractivity contribution >= 4 is 11.8 Å². The Bertz CT molecular complexity index is 279. The second-order valence-corrected chi connectivity index (χ2v) is 7.68. The number of aliphatic hydroxyl groups is 1. The molecule has 0 aromatic rings. The van der Waals surface area contributed by atoms with Crippen molar-refractivity contribution in [2.45, 2.75) is 61.9 Å². The molecule has 0 bridgehead atoms. The molecule has 2 unspecified atom stereocenters. The molecule has 0 amide bonds. The van der Waals surface area contributed by atoms with Crippen LogP contribution in [0, 0.1) is 0 Å². The summed E-state index contributed by atoms with van der Waals surface area (Å²) in [5.41, 5.74) is 0. The molecule has 5 heteroatoms. The molecule has 1 saturated heterocycles. The number of hydrogen-bond acceptors (Lipinski definition) is 5. The van der Waals surface area contributed by atoms with Crippen molar-refractivity contribution in [3.63, 3.8) is 0 Å². The predicted octanol–water partition coefficient (Wildman–Crippen LogP) is 2.20. The zero-order chi connectivity index (χ0) is 15.0. The van der Waals surface area contributed by atoms with Crippen LogP contribution >= 0.6 is 11.8 Å². The highest BCUT2D eigenvalue weighted by molar-refractivity contribution is 8.00. The van der Waals surface area contributed by atoms with Gasteiger partial charge in [-0.05, 0) is 31.9 Å². The van der Waals surface area contributed by atoms with E-state index in [0.29, 0.717) is 24.5 Å². The second-order valence-electron chi connectivity index (χ2n) is 6.41. The number of hydrogen-bond donors (Lipinski definition) is 2. The molecule has 124 valence electrons. The molecule has 1 heterocycles. The fourth-order valence-electron chi connectivity index (χ4n) is 3.29. The summed E-state index contributed by atoms with van der Waals surface area (Å²) in [5, 5.41) is 13.4.